The van der Waals surface area contributed by atoms with Gasteiger partial charge in [0.15, 0.2) is 6.04 Å². The fraction of sp³-hybridized carbons (Fsp3) is 0.417. The van der Waals surface area contributed by atoms with Crippen LogP contribution in [0.1, 0.15) is 43.2 Å². The first kappa shape index (κ1) is 21.8. The lowest BCUT2D eigenvalue weighted by atomic mass is 9.98. The summed E-state index contributed by atoms with van der Waals surface area (Å²) >= 11 is 0. The minimum atomic E-state index is -1.11. The predicted molar refractivity (Wildman–Crippen MR) is 115 cm³/mol. The number of carboxylic acids is 1. The SMILES string of the molecule is CCCCCOC[C@@H](C(=O)O)N(C)C(=O)OCC1c2ccccc2-c2ccccc21. The van der Waals surface area contributed by atoms with E-state index in [1.54, 1.807) is 0 Å². The van der Waals surface area contributed by atoms with Gasteiger partial charge in [0, 0.05) is 19.6 Å². The van der Waals surface area contributed by atoms with Crippen LogP contribution in [0.25, 0.3) is 11.1 Å². The second-order valence-corrected chi connectivity index (χ2v) is 7.55. The van der Waals surface area contributed by atoms with Crippen molar-refractivity contribution >= 4 is 12.1 Å². The maximum absolute atomic E-state index is 12.6. The normalized spacial score (nSPS) is 13.4. The maximum Gasteiger partial charge on any atom is 0.410 e. The quantitative estimate of drug-likeness (QED) is 0.582. The van der Waals surface area contributed by atoms with E-state index in [1.807, 2.05) is 36.4 Å². The van der Waals surface area contributed by atoms with Gasteiger partial charge >= 0.3 is 12.1 Å². The van der Waals surface area contributed by atoms with Gasteiger partial charge in [-0.25, -0.2) is 9.59 Å². The zero-order valence-electron chi connectivity index (χ0n) is 17.5. The van der Waals surface area contributed by atoms with Crippen molar-refractivity contribution in [3.05, 3.63) is 59.7 Å². The van der Waals surface area contributed by atoms with Crippen LogP contribution in [-0.4, -0.2) is 55.0 Å². The van der Waals surface area contributed by atoms with Crippen molar-refractivity contribution in [3.8, 4) is 11.1 Å². The standard InChI is InChI=1S/C24H29NO5/c1-3-4-9-14-29-16-22(23(26)27)25(2)24(28)30-15-21-19-12-7-5-10-17(19)18-11-6-8-13-20(18)21/h5-8,10-13,21-22H,3-4,9,14-16H2,1-2H3,(H,26,27)/t22-/m0/s1. The molecule has 0 aromatic heterocycles. The summed E-state index contributed by atoms with van der Waals surface area (Å²) in [5, 5.41) is 9.51. The molecule has 0 heterocycles. The van der Waals surface area contributed by atoms with E-state index in [0.717, 1.165) is 46.4 Å². The van der Waals surface area contributed by atoms with Gasteiger partial charge in [0.1, 0.15) is 6.61 Å². The van der Waals surface area contributed by atoms with Crippen LogP contribution in [0.3, 0.4) is 0 Å². The number of ether oxygens (including phenoxy) is 2. The molecule has 30 heavy (non-hydrogen) atoms. The summed E-state index contributed by atoms with van der Waals surface area (Å²) in [5.41, 5.74) is 4.52. The van der Waals surface area contributed by atoms with Gasteiger partial charge in [-0.1, -0.05) is 68.3 Å². The smallest absolute Gasteiger partial charge is 0.410 e. The van der Waals surface area contributed by atoms with E-state index < -0.39 is 18.1 Å². The van der Waals surface area contributed by atoms with E-state index in [2.05, 4.69) is 19.1 Å². The van der Waals surface area contributed by atoms with Crippen LogP contribution in [-0.2, 0) is 14.3 Å². The molecule has 0 spiro atoms. The van der Waals surface area contributed by atoms with E-state index >= 15 is 0 Å². The van der Waals surface area contributed by atoms with Crippen LogP contribution in [0.4, 0.5) is 4.79 Å². The molecule has 0 fully saturated rings. The second-order valence-electron chi connectivity index (χ2n) is 7.55. The van der Waals surface area contributed by atoms with E-state index in [1.165, 1.54) is 7.05 Å². The van der Waals surface area contributed by atoms with Crippen molar-refractivity contribution in [2.24, 2.45) is 0 Å². The molecule has 0 unspecified atom stereocenters. The molecule has 0 aliphatic heterocycles. The fourth-order valence-corrected chi connectivity index (χ4v) is 3.82. The van der Waals surface area contributed by atoms with Gasteiger partial charge in [-0.2, -0.15) is 0 Å². The van der Waals surface area contributed by atoms with Crippen molar-refractivity contribution in [3.63, 3.8) is 0 Å². The molecule has 2 aromatic carbocycles. The third-order valence-corrected chi connectivity index (χ3v) is 5.54. The molecular weight excluding hydrogens is 382 g/mol. The van der Waals surface area contributed by atoms with Crippen LogP contribution in [0.5, 0.6) is 0 Å². The fourth-order valence-electron chi connectivity index (χ4n) is 3.82. The molecule has 0 bridgehead atoms. The highest BCUT2D eigenvalue weighted by molar-refractivity contribution is 5.81. The summed E-state index contributed by atoms with van der Waals surface area (Å²) in [7, 11) is 1.44. The molecule has 0 saturated heterocycles. The lowest BCUT2D eigenvalue weighted by Gasteiger charge is -2.25. The number of hydrogen-bond acceptors (Lipinski definition) is 4. The Labute approximate surface area is 177 Å². The Balaban J connectivity index is 1.62. The van der Waals surface area contributed by atoms with Crippen molar-refractivity contribution in [1.29, 1.82) is 0 Å². The molecule has 1 aliphatic carbocycles. The Morgan fingerprint density at radius 2 is 1.63 bits per heavy atom. The van der Waals surface area contributed by atoms with Crippen molar-refractivity contribution in [2.75, 3.05) is 26.9 Å². The second kappa shape index (κ2) is 10.3. The van der Waals surface area contributed by atoms with Crippen molar-refractivity contribution in [1.82, 2.24) is 4.90 Å². The minimum Gasteiger partial charge on any atom is -0.480 e. The lowest BCUT2D eigenvalue weighted by Crippen LogP contribution is -2.46. The molecule has 0 radical (unpaired) electrons. The molecular formula is C24H29NO5. The van der Waals surface area contributed by atoms with Crippen LogP contribution < -0.4 is 0 Å². The number of carboxylic acid groups (broad SMARTS) is 1. The van der Waals surface area contributed by atoms with Crippen LogP contribution >= 0.6 is 0 Å². The third kappa shape index (κ3) is 4.82. The Morgan fingerprint density at radius 1 is 1.03 bits per heavy atom. The van der Waals surface area contributed by atoms with Crippen molar-refractivity contribution < 1.29 is 24.2 Å². The van der Waals surface area contributed by atoms with Gasteiger partial charge in [-0.05, 0) is 28.7 Å². The van der Waals surface area contributed by atoms with Gasteiger partial charge in [0.2, 0.25) is 0 Å². The summed E-state index contributed by atoms with van der Waals surface area (Å²) in [6.45, 7) is 2.67. The number of likely N-dealkylation sites (N-methyl/N-ethyl adjacent to an activating group) is 1. The number of hydrogen-bond donors (Lipinski definition) is 1. The van der Waals surface area contributed by atoms with Gasteiger partial charge in [-0.3, -0.25) is 4.90 Å². The summed E-state index contributed by atoms with van der Waals surface area (Å²) in [5.74, 6) is -1.18. The van der Waals surface area contributed by atoms with Crippen LogP contribution in [0.2, 0.25) is 0 Å². The predicted octanol–water partition coefficient (Wildman–Crippen LogP) is 4.53. The minimum absolute atomic E-state index is 0.0558. The van der Waals surface area contributed by atoms with Gasteiger partial charge < -0.3 is 14.6 Å². The first-order chi connectivity index (χ1) is 14.5. The van der Waals surface area contributed by atoms with E-state index in [4.69, 9.17) is 9.47 Å². The number of rotatable bonds is 10. The zero-order chi connectivity index (χ0) is 21.5. The summed E-state index contributed by atoms with van der Waals surface area (Å²) in [4.78, 5) is 25.3. The number of unbranched alkanes of at least 4 members (excludes halogenated alkanes) is 2. The number of nitrogens with zero attached hydrogens (tertiary/aromatic N) is 1. The number of carbonyl (C=O) groups excluding carboxylic acids is 1. The highest BCUT2D eigenvalue weighted by Gasteiger charge is 2.32. The highest BCUT2D eigenvalue weighted by Crippen LogP contribution is 2.44. The lowest BCUT2D eigenvalue weighted by molar-refractivity contribution is -0.144. The molecule has 160 valence electrons. The first-order valence-corrected chi connectivity index (χ1v) is 10.4. The molecule has 1 N–H and O–H groups in total. The Kier molecular flexibility index (Phi) is 7.46. The highest BCUT2D eigenvalue weighted by atomic mass is 16.6. The zero-order valence-corrected chi connectivity index (χ0v) is 17.5. The number of fused-ring (bicyclic) bond motifs is 3. The molecule has 1 atom stereocenters. The van der Waals surface area contributed by atoms with E-state index in [0.29, 0.717) is 6.61 Å². The number of amides is 1. The molecule has 2 aromatic rings. The summed E-state index contributed by atoms with van der Waals surface area (Å²) < 4.78 is 11.0. The van der Waals surface area contributed by atoms with E-state index in [-0.39, 0.29) is 19.1 Å². The molecule has 6 heteroatoms. The molecule has 3 rings (SSSR count). The Bertz CT molecular complexity index is 836. The van der Waals surface area contributed by atoms with Gasteiger partial charge in [0.05, 0.1) is 6.61 Å². The number of benzene rings is 2. The molecule has 6 nitrogen and oxygen atoms in total. The molecule has 1 amide bonds. The topological polar surface area (TPSA) is 76.1 Å². The monoisotopic (exact) mass is 411 g/mol. The number of carbonyl (C=O) groups is 2. The average Bonchev–Trinajstić information content (AvgIpc) is 3.07. The van der Waals surface area contributed by atoms with Gasteiger partial charge in [0.25, 0.3) is 0 Å². The first-order valence-electron chi connectivity index (χ1n) is 10.4. The Morgan fingerprint density at radius 3 is 2.20 bits per heavy atom. The average molecular weight is 411 g/mol. The number of aliphatic carboxylic acids is 1. The van der Waals surface area contributed by atoms with Gasteiger partial charge in [-0.15, -0.1) is 0 Å². The molecule has 1 aliphatic rings. The third-order valence-electron chi connectivity index (χ3n) is 5.54. The molecule has 0 saturated carbocycles. The van der Waals surface area contributed by atoms with Crippen molar-refractivity contribution in [2.45, 2.75) is 38.1 Å². The summed E-state index contributed by atoms with van der Waals surface area (Å²) in [6, 6.07) is 15.1. The Hall–Kier alpha value is -2.86. The summed E-state index contributed by atoms with van der Waals surface area (Å²) in [6.07, 6.45) is 2.30. The van der Waals surface area contributed by atoms with E-state index in [9.17, 15) is 14.7 Å². The van der Waals surface area contributed by atoms with Crippen LogP contribution in [0, 0.1) is 0 Å². The largest absolute Gasteiger partial charge is 0.480 e. The van der Waals surface area contributed by atoms with Crippen LogP contribution in [0.15, 0.2) is 48.5 Å². The maximum atomic E-state index is 12.6.